The molecule has 0 radical (unpaired) electrons. The molecule has 0 bridgehead atoms. The van der Waals surface area contributed by atoms with Crippen LogP contribution in [0.4, 0.5) is 0 Å². The van der Waals surface area contributed by atoms with Gasteiger partial charge >= 0.3 is 5.97 Å². The lowest BCUT2D eigenvalue weighted by atomic mass is 10.1. The van der Waals surface area contributed by atoms with Gasteiger partial charge in [-0.15, -0.1) is 0 Å². The third kappa shape index (κ3) is 2.51. The van der Waals surface area contributed by atoms with Crippen LogP contribution in [0.5, 0.6) is 0 Å². The molecule has 5 nitrogen and oxygen atoms in total. The van der Waals surface area contributed by atoms with Gasteiger partial charge in [0.1, 0.15) is 0 Å². The Morgan fingerprint density at radius 2 is 2.00 bits per heavy atom. The number of aromatic carboxylic acids is 1. The highest BCUT2D eigenvalue weighted by atomic mass is 16.5. The van der Waals surface area contributed by atoms with E-state index in [4.69, 9.17) is 9.84 Å². The molecule has 5 heteroatoms. The van der Waals surface area contributed by atoms with Gasteiger partial charge in [-0.2, -0.15) is 5.10 Å². The van der Waals surface area contributed by atoms with Gasteiger partial charge in [0.15, 0.2) is 5.69 Å². The summed E-state index contributed by atoms with van der Waals surface area (Å²) in [6.45, 7) is 4.26. The van der Waals surface area contributed by atoms with E-state index in [1.807, 2.05) is 32.0 Å². The average Bonchev–Trinajstić information content (AvgIpc) is 2.74. The first-order valence-corrected chi connectivity index (χ1v) is 5.92. The van der Waals surface area contributed by atoms with Crippen molar-refractivity contribution in [1.82, 2.24) is 9.78 Å². The molecule has 2 rings (SSSR count). The Morgan fingerprint density at radius 1 is 1.37 bits per heavy atom. The third-order valence-electron chi connectivity index (χ3n) is 2.95. The van der Waals surface area contributed by atoms with Crippen LogP contribution in [0.1, 0.15) is 27.3 Å². The summed E-state index contributed by atoms with van der Waals surface area (Å²) in [4.78, 5) is 11.1. The number of nitrogens with zero attached hydrogens (tertiary/aromatic N) is 2. The largest absolute Gasteiger partial charge is 0.476 e. The zero-order valence-electron chi connectivity index (χ0n) is 11.2. The maximum atomic E-state index is 11.1. The van der Waals surface area contributed by atoms with Crippen molar-refractivity contribution in [3.8, 4) is 5.69 Å². The molecule has 2 aromatic rings. The zero-order chi connectivity index (χ0) is 14.0. The summed E-state index contributed by atoms with van der Waals surface area (Å²) in [6.07, 6.45) is 0. The lowest BCUT2D eigenvalue weighted by Gasteiger charge is -2.12. The summed E-state index contributed by atoms with van der Waals surface area (Å²) in [5, 5.41) is 13.2. The Balaban J connectivity index is 2.63. The van der Waals surface area contributed by atoms with Gasteiger partial charge in [0, 0.05) is 7.11 Å². The highest BCUT2D eigenvalue weighted by Crippen LogP contribution is 2.21. The minimum atomic E-state index is -1.04. The van der Waals surface area contributed by atoms with Crippen molar-refractivity contribution in [3.63, 3.8) is 0 Å². The van der Waals surface area contributed by atoms with Crippen LogP contribution < -0.4 is 0 Å². The number of ether oxygens (including phenoxy) is 1. The first-order chi connectivity index (χ1) is 9.04. The van der Waals surface area contributed by atoms with Crippen molar-refractivity contribution < 1.29 is 14.6 Å². The summed E-state index contributed by atoms with van der Waals surface area (Å²) < 4.78 is 6.76. The fraction of sp³-hybridized carbons (Fsp3) is 0.286. The van der Waals surface area contributed by atoms with E-state index in [0.717, 1.165) is 22.5 Å². The number of aromatic nitrogens is 2. The van der Waals surface area contributed by atoms with Crippen molar-refractivity contribution in [2.45, 2.75) is 20.5 Å². The molecule has 0 spiro atoms. The Hall–Kier alpha value is -2.14. The number of para-hydroxylation sites is 1. The van der Waals surface area contributed by atoms with E-state index in [0.29, 0.717) is 6.61 Å². The number of rotatable bonds is 4. The van der Waals surface area contributed by atoms with Gasteiger partial charge < -0.3 is 9.84 Å². The number of carboxylic acids is 1. The molecule has 0 aliphatic heterocycles. The highest BCUT2D eigenvalue weighted by molar-refractivity contribution is 5.85. The fourth-order valence-electron chi connectivity index (χ4n) is 2.11. The molecule has 0 amide bonds. The Morgan fingerprint density at radius 3 is 2.53 bits per heavy atom. The quantitative estimate of drug-likeness (QED) is 0.916. The third-order valence-corrected chi connectivity index (χ3v) is 2.95. The summed E-state index contributed by atoms with van der Waals surface area (Å²) >= 11 is 0. The maximum Gasteiger partial charge on any atom is 0.356 e. The lowest BCUT2D eigenvalue weighted by molar-refractivity contribution is 0.0690. The van der Waals surface area contributed by atoms with E-state index in [2.05, 4.69) is 5.10 Å². The van der Waals surface area contributed by atoms with Crippen LogP contribution in [0, 0.1) is 13.8 Å². The van der Waals surface area contributed by atoms with Crippen LogP contribution in [-0.4, -0.2) is 28.0 Å². The molecule has 100 valence electrons. The first-order valence-electron chi connectivity index (χ1n) is 5.92. The summed E-state index contributed by atoms with van der Waals surface area (Å²) in [5.41, 5.74) is 3.73. The second kappa shape index (κ2) is 5.24. The number of hydrogen-bond donors (Lipinski definition) is 1. The molecule has 0 saturated carbocycles. The second-order valence-corrected chi connectivity index (χ2v) is 4.41. The monoisotopic (exact) mass is 260 g/mol. The number of carboxylic acid groups (broad SMARTS) is 1. The average molecular weight is 260 g/mol. The van der Waals surface area contributed by atoms with Crippen molar-refractivity contribution >= 4 is 5.97 Å². The molecule has 0 atom stereocenters. The smallest absolute Gasteiger partial charge is 0.356 e. The molecule has 0 aliphatic carbocycles. The zero-order valence-corrected chi connectivity index (χ0v) is 11.2. The number of benzene rings is 1. The molecule has 1 N–H and O–H groups in total. The molecular formula is C14H16N2O3. The van der Waals surface area contributed by atoms with Gasteiger partial charge in [0.2, 0.25) is 0 Å². The van der Waals surface area contributed by atoms with Crippen LogP contribution in [0.15, 0.2) is 24.3 Å². The van der Waals surface area contributed by atoms with Crippen molar-refractivity contribution in [2.75, 3.05) is 7.11 Å². The van der Waals surface area contributed by atoms with E-state index < -0.39 is 5.97 Å². The van der Waals surface area contributed by atoms with Crippen LogP contribution in [-0.2, 0) is 11.3 Å². The Bertz CT molecular complexity index is 597. The van der Waals surface area contributed by atoms with Gasteiger partial charge in [-0.25, -0.2) is 9.48 Å². The first kappa shape index (κ1) is 13.3. The van der Waals surface area contributed by atoms with Gasteiger partial charge in [-0.1, -0.05) is 18.2 Å². The molecule has 0 fully saturated rings. The van der Waals surface area contributed by atoms with Gasteiger partial charge in [0.25, 0.3) is 0 Å². The van der Waals surface area contributed by atoms with Crippen molar-refractivity contribution in [2.24, 2.45) is 0 Å². The van der Waals surface area contributed by atoms with E-state index in [-0.39, 0.29) is 5.69 Å². The van der Waals surface area contributed by atoms with Gasteiger partial charge in [-0.05, 0) is 31.0 Å². The van der Waals surface area contributed by atoms with Crippen LogP contribution >= 0.6 is 0 Å². The normalized spacial score (nSPS) is 10.7. The van der Waals surface area contributed by atoms with Crippen molar-refractivity contribution in [1.29, 1.82) is 0 Å². The topological polar surface area (TPSA) is 64.3 Å². The van der Waals surface area contributed by atoms with Gasteiger partial charge in [0.05, 0.1) is 18.0 Å². The molecule has 1 aromatic carbocycles. The molecule has 0 unspecified atom stereocenters. The van der Waals surface area contributed by atoms with Crippen LogP contribution in [0.25, 0.3) is 5.69 Å². The lowest BCUT2D eigenvalue weighted by Crippen LogP contribution is -2.07. The minimum absolute atomic E-state index is 0.0229. The van der Waals surface area contributed by atoms with E-state index in [1.54, 1.807) is 11.8 Å². The Labute approximate surface area is 111 Å². The molecular weight excluding hydrogens is 244 g/mol. The van der Waals surface area contributed by atoms with E-state index in [9.17, 15) is 4.79 Å². The fourth-order valence-corrected chi connectivity index (χ4v) is 2.11. The molecule has 0 aliphatic rings. The second-order valence-electron chi connectivity index (χ2n) is 4.41. The summed E-state index contributed by atoms with van der Waals surface area (Å²) in [6, 6.07) is 7.45. The van der Waals surface area contributed by atoms with Gasteiger partial charge in [-0.3, -0.25) is 0 Å². The maximum absolute atomic E-state index is 11.1. The molecule has 0 saturated heterocycles. The number of carbonyl (C=O) groups is 1. The number of hydrogen-bond acceptors (Lipinski definition) is 3. The molecule has 1 aromatic heterocycles. The molecule has 19 heavy (non-hydrogen) atoms. The number of aryl methyl sites for hydroxylation is 2. The summed E-state index contributed by atoms with van der Waals surface area (Å²) in [7, 11) is 1.57. The van der Waals surface area contributed by atoms with Crippen LogP contribution in [0.3, 0.4) is 0 Å². The van der Waals surface area contributed by atoms with Crippen LogP contribution in [0.2, 0.25) is 0 Å². The Kier molecular flexibility index (Phi) is 3.66. The predicted octanol–water partition coefficient (Wildman–Crippen LogP) is 2.33. The standard InChI is InChI=1S/C14H16N2O3/c1-9-5-4-6-10(2)13(9)16-11(8-19-3)7-12(15-16)14(17)18/h4-7H,8H2,1-3H3,(H,17,18). The number of methoxy groups -OCH3 is 1. The highest BCUT2D eigenvalue weighted by Gasteiger charge is 2.16. The SMILES string of the molecule is COCc1cc(C(=O)O)nn1-c1c(C)cccc1C. The van der Waals surface area contributed by atoms with E-state index >= 15 is 0 Å². The predicted molar refractivity (Wildman–Crippen MR) is 70.7 cm³/mol. The summed E-state index contributed by atoms with van der Waals surface area (Å²) in [5.74, 6) is -1.04. The minimum Gasteiger partial charge on any atom is -0.476 e. The van der Waals surface area contributed by atoms with Crippen molar-refractivity contribution in [3.05, 3.63) is 46.8 Å². The molecule has 1 heterocycles. The van der Waals surface area contributed by atoms with E-state index in [1.165, 1.54) is 6.07 Å².